The lowest BCUT2D eigenvalue weighted by Crippen LogP contribution is -2.14. The SMILES string of the molecule is CCCC1CCC(c2ccc(OCCCC3CCC(CC)CC3)cc2)CC1. The van der Waals surface area contributed by atoms with Crippen LogP contribution in [0.3, 0.4) is 0 Å². The van der Waals surface area contributed by atoms with E-state index in [4.69, 9.17) is 4.74 Å². The number of benzene rings is 1. The van der Waals surface area contributed by atoms with Crippen molar-refractivity contribution in [1.82, 2.24) is 0 Å². The average Bonchev–Trinajstić information content (AvgIpc) is 2.73. The van der Waals surface area contributed by atoms with Gasteiger partial charge in [0.15, 0.2) is 0 Å². The molecule has 0 heterocycles. The Balaban J connectivity index is 1.32. The summed E-state index contributed by atoms with van der Waals surface area (Å²) in [6.45, 7) is 5.55. The van der Waals surface area contributed by atoms with E-state index in [1.165, 1.54) is 89.0 Å². The van der Waals surface area contributed by atoms with Crippen LogP contribution in [0.2, 0.25) is 0 Å². The van der Waals surface area contributed by atoms with Gasteiger partial charge in [-0.1, -0.05) is 70.9 Å². The Bertz CT molecular complexity index is 504. The number of rotatable bonds is 9. The van der Waals surface area contributed by atoms with Gasteiger partial charge in [0, 0.05) is 0 Å². The first kappa shape index (κ1) is 20.7. The van der Waals surface area contributed by atoms with Gasteiger partial charge >= 0.3 is 0 Å². The molecule has 1 aromatic rings. The molecule has 0 saturated heterocycles. The highest BCUT2D eigenvalue weighted by Gasteiger charge is 2.22. The van der Waals surface area contributed by atoms with Crippen molar-refractivity contribution in [2.24, 2.45) is 17.8 Å². The van der Waals surface area contributed by atoms with Gasteiger partial charge in [-0.25, -0.2) is 0 Å². The maximum Gasteiger partial charge on any atom is 0.119 e. The van der Waals surface area contributed by atoms with Gasteiger partial charge in [-0.3, -0.25) is 0 Å². The molecule has 1 aromatic carbocycles. The molecule has 152 valence electrons. The Hall–Kier alpha value is -0.980. The van der Waals surface area contributed by atoms with Gasteiger partial charge < -0.3 is 4.74 Å². The van der Waals surface area contributed by atoms with Crippen LogP contribution in [0.4, 0.5) is 0 Å². The summed E-state index contributed by atoms with van der Waals surface area (Å²) in [6.07, 6.45) is 18.2. The molecule has 2 aliphatic carbocycles. The molecule has 0 bridgehead atoms. The van der Waals surface area contributed by atoms with Crippen molar-refractivity contribution in [3.63, 3.8) is 0 Å². The standard InChI is InChI=1S/C26H42O/c1-3-6-22-12-14-24(15-13-22)25-16-18-26(19-17-25)27-20-5-7-23-10-8-21(4-2)9-11-23/h16-19,21-24H,3-15,20H2,1-2H3. The van der Waals surface area contributed by atoms with E-state index < -0.39 is 0 Å². The largest absolute Gasteiger partial charge is 0.494 e. The number of hydrogen-bond acceptors (Lipinski definition) is 1. The van der Waals surface area contributed by atoms with Crippen molar-refractivity contribution in [3.05, 3.63) is 29.8 Å². The second kappa shape index (κ2) is 11.1. The van der Waals surface area contributed by atoms with Crippen molar-refractivity contribution in [1.29, 1.82) is 0 Å². The van der Waals surface area contributed by atoms with E-state index in [0.717, 1.165) is 36.0 Å². The molecule has 0 aromatic heterocycles. The maximum atomic E-state index is 6.03. The summed E-state index contributed by atoms with van der Waals surface area (Å²) >= 11 is 0. The van der Waals surface area contributed by atoms with E-state index in [1.54, 1.807) is 0 Å². The fourth-order valence-electron chi connectivity index (χ4n) is 5.52. The van der Waals surface area contributed by atoms with E-state index >= 15 is 0 Å². The highest BCUT2D eigenvalue weighted by Crippen LogP contribution is 2.38. The lowest BCUT2D eigenvalue weighted by Gasteiger charge is -2.28. The lowest BCUT2D eigenvalue weighted by molar-refractivity contribution is 0.234. The first-order valence-corrected chi connectivity index (χ1v) is 12.0. The van der Waals surface area contributed by atoms with Crippen LogP contribution in [0.5, 0.6) is 5.75 Å². The molecule has 27 heavy (non-hydrogen) atoms. The molecule has 0 amide bonds. The fourth-order valence-corrected chi connectivity index (χ4v) is 5.52. The Morgan fingerprint density at radius 2 is 1.33 bits per heavy atom. The van der Waals surface area contributed by atoms with Gasteiger partial charge in [0.2, 0.25) is 0 Å². The predicted octanol–water partition coefficient (Wildman–Crippen LogP) is 8.14. The van der Waals surface area contributed by atoms with Gasteiger partial charge in [-0.2, -0.15) is 0 Å². The normalized spacial score (nSPS) is 28.8. The maximum absolute atomic E-state index is 6.03. The minimum Gasteiger partial charge on any atom is -0.494 e. The minimum atomic E-state index is 0.783. The Kier molecular flexibility index (Phi) is 8.55. The Morgan fingerprint density at radius 1 is 0.741 bits per heavy atom. The smallest absolute Gasteiger partial charge is 0.119 e. The van der Waals surface area contributed by atoms with Crippen LogP contribution in [-0.2, 0) is 0 Å². The zero-order chi connectivity index (χ0) is 18.9. The van der Waals surface area contributed by atoms with E-state index in [9.17, 15) is 0 Å². The third kappa shape index (κ3) is 6.54. The van der Waals surface area contributed by atoms with Crippen LogP contribution < -0.4 is 4.74 Å². The van der Waals surface area contributed by atoms with Crippen LogP contribution >= 0.6 is 0 Å². The Labute approximate surface area is 168 Å². The van der Waals surface area contributed by atoms with Gasteiger partial charge in [-0.15, -0.1) is 0 Å². The molecule has 2 saturated carbocycles. The van der Waals surface area contributed by atoms with E-state index in [1.807, 2.05) is 0 Å². The van der Waals surface area contributed by atoms with Crippen LogP contribution in [-0.4, -0.2) is 6.61 Å². The highest BCUT2D eigenvalue weighted by atomic mass is 16.5. The fraction of sp³-hybridized carbons (Fsp3) is 0.769. The molecule has 3 rings (SSSR count). The van der Waals surface area contributed by atoms with E-state index in [2.05, 4.69) is 38.1 Å². The zero-order valence-corrected chi connectivity index (χ0v) is 17.9. The van der Waals surface area contributed by atoms with Gasteiger partial charge in [0.05, 0.1) is 6.61 Å². The predicted molar refractivity (Wildman–Crippen MR) is 117 cm³/mol. The van der Waals surface area contributed by atoms with Crippen molar-refractivity contribution in [3.8, 4) is 5.75 Å². The first-order chi connectivity index (χ1) is 13.3. The number of ether oxygens (including phenoxy) is 1. The molecule has 2 fully saturated rings. The molecule has 0 N–H and O–H groups in total. The molecule has 2 aliphatic rings. The zero-order valence-electron chi connectivity index (χ0n) is 17.9. The molecule has 1 nitrogen and oxygen atoms in total. The quantitative estimate of drug-likeness (QED) is 0.399. The Morgan fingerprint density at radius 3 is 1.96 bits per heavy atom. The van der Waals surface area contributed by atoms with Gasteiger partial charge in [0.1, 0.15) is 5.75 Å². The highest BCUT2D eigenvalue weighted by molar-refractivity contribution is 5.29. The molecule has 0 atom stereocenters. The van der Waals surface area contributed by atoms with Gasteiger partial charge in [0.25, 0.3) is 0 Å². The molecular formula is C26H42O. The van der Waals surface area contributed by atoms with Crippen LogP contribution in [0.1, 0.15) is 109 Å². The summed E-state index contributed by atoms with van der Waals surface area (Å²) in [5.74, 6) is 4.81. The minimum absolute atomic E-state index is 0.783. The van der Waals surface area contributed by atoms with Crippen LogP contribution in [0, 0.1) is 17.8 Å². The van der Waals surface area contributed by atoms with E-state index in [-0.39, 0.29) is 0 Å². The monoisotopic (exact) mass is 370 g/mol. The molecular weight excluding hydrogens is 328 g/mol. The summed E-state index contributed by atoms with van der Waals surface area (Å²) in [5, 5.41) is 0. The second-order valence-electron chi connectivity index (χ2n) is 9.36. The van der Waals surface area contributed by atoms with Gasteiger partial charge in [-0.05, 0) is 79.9 Å². The van der Waals surface area contributed by atoms with Crippen molar-refractivity contribution in [2.45, 2.75) is 103 Å². The summed E-state index contributed by atoms with van der Waals surface area (Å²) < 4.78 is 6.03. The third-order valence-corrected chi connectivity index (χ3v) is 7.46. The third-order valence-electron chi connectivity index (χ3n) is 7.46. The van der Waals surface area contributed by atoms with Crippen molar-refractivity contribution >= 4 is 0 Å². The molecule has 0 spiro atoms. The van der Waals surface area contributed by atoms with Crippen molar-refractivity contribution < 1.29 is 4.74 Å². The average molecular weight is 371 g/mol. The second-order valence-corrected chi connectivity index (χ2v) is 9.36. The lowest BCUT2D eigenvalue weighted by atomic mass is 9.77. The number of hydrogen-bond donors (Lipinski definition) is 0. The summed E-state index contributed by atoms with van der Waals surface area (Å²) in [4.78, 5) is 0. The summed E-state index contributed by atoms with van der Waals surface area (Å²) in [7, 11) is 0. The van der Waals surface area contributed by atoms with Crippen LogP contribution in [0.25, 0.3) is 0 Å². The molecule has 0 radical (unpaired) electrons. The molecule has 0 unspecified atom stereocenters. The van der Waals surface area contributed by atoms with Crippen LogP contribution in [0.15, 0.2) is 24.3 Å². The first-order valence-electron chi connectivity index (χ1n) is 12.0. The molecule has 0 aliphatic heterocycles. The topological polar surface area (TPSA) is 9.23 Å². The van der Waals surface area contributed by atoms with E-state index in [0.29, 0.717) is 0 Å². The summed E-state index contributed by atoms with van der Waals surface area (Å²) in [6, 6.07) is 9.07. The van der Waals surface area contributed by atoms with Crippen molar-refractivity contribution in [2.75, 3.05) is 6.61 Å². The summed E-state index contributed by atoms with van der Waals surface area (Å²) in [5.41, 5.74) is 1.53. The molecule has 1 heteroatoms.